The standard InChI is InChI=1S/C15H14BrClN2O3/c1-2-3-14-18-15(16)11(7-20)19(14)6-9-4-12-13(5-10(9)17)22-8-21-12/h4-5,7H,2-3,6,8H2,1H3. The number of imidazole rings is 1. The number of aromatic nitrogens is 2. The minimum atomic E-state index is 0.201. The van der Waals surface area contributed by atoms with Crippen LogP contribution in [0, 0.1) is 0 Å². The van der Waals surface area contributed by atoms with E-state index in [4.69, 9.17) is 21.1 Å². The van der Waals surface area contributed by atoms with E-state index in [-0.39, 0.29) is 6.79 Å². The van der Waals surface area contributed by atoms with Gasteiger partial charge in [0, 0.05) is 17.5 Å². The summed E-state index contributed by atoms with van der Waals surface area (Å²) in [7, 11) is 0. The third-order valence-corrected chi connectivity index (χ3v) is 4.43. The first-order chi connectivity index (χ1) is 10.6. The van der Waals surface area contributed by atoms with Gasteiger partial charge in [0.2, 0.25) is 6.79 Å². The molecule has 0 N–H and O–H groups in total. The van der Waals surface area contributed by atoms with Crippen LogP contribution in [-0.4, -0.2) is 22.6 Å². The normalized spacial score (nSPS) is 12.7. The Morgan fingerprint density at radius 3 is 2.82 bits per heavy atom. The molecule has 0 unspecified atom stereocenters. The van der Waals surface area contributed by atoms with Crippen LogP contribution in [0.15, 0.2) is 16.7 Å². The van der Waals surface area contributed by atoms with Gasteiger partial charge in [-0.3, -0.25) is 4.79 Å². The monoisotopic (exact) mass is 384 g/mol. The number of rotatable bonds is 5. The van der Waals surface area contributed by atoms with E-state index in [1.165, 1.54) is 0 Å². The van der Waals surface area contributed by atoms with Crippen molar-refractivity contribution in [3.05, 3.63) is 38.8 Å². The summed E-state index contributed by atoms with van der Waals surface area (Å²) in [4.78, 5) is 15.8. The molecule has 0 atom stereocenters. The van der Waals surface area contributed by atoms with E-state index in [0.717, 1.165) is 30.5 Å². The lowest BCUT2D eigenvalue weighted by Crippen LogP contribution is -2.09. The number of hydrogen-bond donors (Lipinski definition) is 0. The molecule has 2 heterocycles. The molecular weight excluding hydrogens is 372 g/mol. The summed E-state index contributed by atoms with van der Waals surface area (Å²) in [5, 5.41) is 0.577. The smallest absolute Gasteiger partial charge is 0.231 e. The van der Waals surface area contributed by atoms with Crippen LogP contribution in [0.5, 0.6) is 11.5 Å². The van der Waals surface area contributed by atoms with Crippen LogP contribution in [0.3, 0.4) is 0 Å². The van der Waals surface area contributed by atoms with Gasteiger partial charge in [0.15, 0.2) is 17.8 Å². The summed E-state index contributed by atoms with van der Waals surface area (Å²) in [5.74, 6) is 2.17. The molecule has 1 aliphatic heterocycles. The topological polar surface area (TPSA) is 53.4 Å². The fourth-order valence-electron chi connectivity index (χ4n) is 2.44. The largest absolute Gasteiger partial charge is 0.454 e. The molecule has 0 amide bonds. The Labute approximate surface area is 141 Å². The predicted molar refractivity (Wildman–Crippen MR) is 86.0 cm³/mol. The van der Waals surface area contributed by atoms with E-state index >= 15 is 0 Å². The molecule has 0 radical (unpaired) electrons. The highest BCUT2D eigenvalue weighted by Crippen LogP contribution is 2.37. The number of nitrogens with zero attached hydrogens (tertiary/aromatic N) is 2. The number of fused-ring (bicyclic) bond motifs is 1. The van der Waals surface area contributed by atoms with Gasteiger partial charge in [0.1, 0.15) is 16.1 Å². The molecule has 2 aromatic rings. The van der Waals surface area contributed by atoms with E-state index < -0.39 is 0 Å². The summed E-state index contributed by atoms with van der Waals surface area (Å²) in [5.41, 5.74) is 1.37. The predicted octanol–water partition coefficient (Wildman–Crippen LogP) is 3.84. The molecule has 0 spiro atoms. The van der Waals surface area contributed by atoms with Gasteiger partial charge in [-0.1, -0.05) is 18.5 Å². The highest BCUT2D eigenvalue weighted by atomic mass is 79.9. The molecule has 116 valence electrons. The van der Waals surface area contributed by atoms with Crippen molar-refractivity contribution in [1.29, 1.82) is 0 Å². The van der Waals surface area contributed by atoms with E-state index in [9.17, 15) is 4.79 Å². The van der Waals surface area contributed by atoms with E-state index in [1.807, 2.05) is 10.6 Å². The van der Waals surface area contributed by atoms with Crippen molar-refractivity contribution >= 4 is 33.8 Å². The number of aryl methyl sites for hydroxylation is 1. The molecule has 0 bridgehead atoms. The minimum Gasteiger partial charge on any atom is -0.454 e. The molecule has 1 aliphatic rings. The molecule has 1 aromatic heterocycles. The third kappa shape index (κ3) is 2.73. The molecule has 7 heteroatoms. The molecule has 1 aromatic carbocycles. The Morgan fingerprint density at radius 2 is 2.14 bits per heavy atom. The quantitative estimate of drug-likeness (QED) is 0.734. The van der Waals surface area contributed by atoms with E-state index in [1.54, 1.807) is 6.07 Å². The number of ether oxygens (including phenoxy) is 2. The Kier molecular flexibility index (Phi) is 4.40. The van der Waals surface area contributed by atoms with Crippen molar-refractivity contribution < 1.29 is 14.3 Å². The summed E-state index contributed by atoms with van der Waals surface area (Å²) in [6.45, 7) is 2.73. The average molecular weight is 386 g/mol. The van der Waals surface area contributed by atoms with Crippen LogP contribution in [0.25, 0.3) is 0 Å². The molecule has 0 aliphatic carbocycles. The highest BCUT2D eigenvalue weighted by molar-refractivity contribution is 9.10. The molecular formula is C15H14BrClN2O3. The summed E-state index contributed by atoms with van der Waals surface area (Å²) >= 11 is 9.66. The van der Waals surface area contributed by atoms with Gasteiger partial charge in [0.05, 0.1) is 6.54 Å². The van der Waals surface area contributed by atoms with Crippen molar-refractivity contribution in [1.82, 2.24) is 9.55 Å². The molecule has 5 nitrogen and oxygen atoms in total. The Hall–Kier alpha value is -1.53. The van der Waals surface area contributed by atoms with Gasteiger partial charge in [-0.05, 0) is 34.0 Å². The first kappa shape index (κ1) is 15.4. The van der Waals surface area contributed by atoms with Crippen LogP contribution in [0.2, 0.25) is 5.02 Å². The second-order valence-electron chi connectivity index (χ2n) is 4.95. The van der Waals surface area contributed by atoms with Crippen LogP contribution in [0.1, 0.15) is 35.2 Å². The second kappa shape index (κ2) is 6.30. The van der Waals surface area contributed by atoms with Gasteiger partial charge in [-0.2, -0.15) is 0 Å². The van der Waals surface area contributed by atoms with Crippen molar-refractivity contribution in [2.24, 2.45) is 0 Å². The Morgan fingerprint density at radius 1 is 1.41 bits per heavy atom. The van der Waals surface area contributed by atoms with E-state index in [0.29, 0.717) is 33.4 Å². The zero-order chi connectivity index (χ0) is 15.7. The average Bonchev–Trinajstić information content (AvgIpc) is 3.04. The number of hydrogen-bond acceptors (Lipinski definition) is 4. The Bertz CT molecular complexity index is 730. The van der Waals surface area contributed by atoms with Crippen LogP contribution < -0.4 is 9.47 Å². The summed E-state index contributed by atoms with van der Waals surface area (Å²) in [6.07, 6.45) is 2.53. The first-order valence-corrected chi connectivity index (χ1v) is 8.09. The Balaban J connectivity index is 2.01. The molecule has 0 saturated carbocycles. The SMILES string of the molecule is CCCc1nc(Br)c(C=O)n1Cc1cc2c(cc1Cl)OCO2. The maximum atomic E-state index is 11.4. The molecule has 0 saturated heterocycles. The lowest BCUT2D eigenvalue weighted by molar-refractivity contribution is 0.111. The lowest BCUT2D eigenvalue weighted by Gasteiger charge is -2.11. The van der Waals surface area contributed by atoms with Gasteiger partial charge >= 0.3 is 0 Å². The fraction of sp³-hybridized carbons (Fsp3) is 0.333. The van der Waals surface area contributed by atoms with Crippen LogP contribution in [-0.2, 0) is 13.0 Å². The summed E-state index contributed by atoms with van der Waals surface area (Å²) < 4.78 is 13.1. The van der Waals surface area contributed by atoms with Gasteiger partial charge in [-0.15, -0.1) is 0 Å². The number of halogens is 2. The third-order valence-electron chi connectivity index (χ3n) is 3.50. The van der Waals surface area contributed by atoms with Gasteiger partial charge in [0.25, 0.3) is 0 Å². The van der Waals surface area contributed by atoms with Crippen molar-refractivity contribution in [2.45, 2.75) is 26.3 Å². The summed E-state index contributed by atoms with van der Waals surface area (Å²) in [6, 6.07) is 3.59. The van der Waals surface area contributed by atoms with E-state index in [2.05, 4.69) is 27.8 Å². The molecule has 22 heavy (non-hydrogen) atoms. The number of benzene rings is 1. The second-order valence-corrected chi connectivity index (χ2v) is 6.11. The maximum absolute atomic E-state index is 11.4. The minimum absolute atomic E-state index is 0.201. The van der Waals surface area contributed by atoms with Crippen LogP contribution >= 0.6 is 27.5 Å². The molecule has 0 fully saturated rings. The highest BCUT2D eigenvalue weighted by Gasteiger charge is 2.19. The van der Waals surface area contributed by atoms with Gasteiger partial charge < -0.3 is 14.0 Å². The number of aldehydes is 1. The van der Waals surface area contributed by atoms with Crippen molar-refractivity contribution in [3.8, 4) is 11.5 Å². The van der Waals surface area contributed by atoms with Crippen molar-refractivity contribution in [2.75, 3.05) is 6.79 Å². The fourth-order valence-corrected chi connectivity index (χ4v) is 3.16. The number of carbonyl (C=O) groups is 1. The zero-order valence-electron chi connectivity index (χ0n) is 11.9. The first-order valence-electron chi connectivity index (χ1n) is 6.92. The molecule has 3 rings (SSSR count). The van der Waals surface area contributed by atoms with Crippen molar-refractivity contribution in [3.63, 3.8) is 0 Å². The zero-order valence-corrected chi connectivity index (χ0v) is 14.3. The van der Waals surface area contributed by atoms with Crippen LogP contribution in [0.4, 0.5) is 0 Å². The lowest BCUT2D eigenvalue weighted by atomic mass is 10.2. The maximum Gasteiger partial charge on any atom is 0.231 e. The number of carbonyl (C=O) groups excluding carboxylic acids is 1. The van der Waals surface area contributed by atoms with Gasteiger partial charge in [-0.25, -0.2) is 4.98 Å².